The molecule has 7 heteroatoms. The fraction of sp³-hybridized carbons (Fsp3) is 0.429. The first kappa shape index (κ1) is 18.4. The van der Waals surface area contributed by atoms with Crippen molar-refractivity contribution in [3.05, 3.63) is 36.3 Å². The number of rotatable bonds is 5. The average molecular weight is 380 g/mol. The quantitative estimate of drug-likeness (QED) is 0.497. The molecule has 1 aromatic carbocycles. The molecule has 0 radical (unpaired) electrons. The van der Waals surface area contributed by atoms with E-state index >= 15 is 0 Å². The number of ether oxygens (including phenoxy) is 1. The van der Waals surface area contributed by atoms with E-state index in [9.17, 15) is 9.59 Å². The Hall–Kier alpha value is -2.96. The van der Waals surface area contributed by atoms with Crippen molar-refractivity contribution in [2.24, 2.45) is 0 Å². The number of esters is 1. The van der Waals surface area contributed by atoms with Gasteiger partial charge in [-0.05, 0) is 51.3 Å². The van der Waals surface area contributed by atoms with E-state index in [-0.39, 0.29) is 18.3 Å². The number of carbonyl (C=O) groups excluding carboxylic acids is 2. The van der Waals surface area contributed by atoms with Crippen LogP contribution in [-0.2, 0) is 16.1 Å². The number of hydrogen-bond acceptors (Lipinski definition) is 5. The van der Waals surface area contributed by atoms with Gasteiger partial charge in [0.1, 0.15) is 17.8 Å². The maximum absolute atomic E-state index is 12.2. The van der Waals surface area contributed by atoms with Crippen molar-refractivity contribution in [3.8, 4) is 11.1 Å². The van der Waals surface area contributed by atoms with Gasteiger partial charge >= 0.3 is 5.97 Å². The minimum absolute atomic E-state index is 0.0417. The summed E-state index contributed by atoms with van der Waals surface area (Å²) in [5.74, 6) is -0.527. The van der Waals surface area contributed by atoms with E-state index < -0.39 is 5.60 Å². The molecule has 0 bridgehead atoms. The van der Waals surface area contributed by atoms with Gasteiger partial charge in [-0.1, -0.05) is 6.07 Å². The summed E-state index contributed by atoms with van der Waals surface area (Å²) >= 11 is 0. The third kappa shape index (κ3) is 3.69. The van der Waals surface area contributed by atoms with Crippen molar-refractivity contribution in [2.75, 3.05) is 0 Å². The highest BCUT2D eigenvalue weighted by Gasteiger charge is 2.25. The van der Waals surface area contributed by atoms with Gasteiger partial charge in [0.2, 0.25) is 0 Å². The van der Waals surface area contributed by atoms with Gasteiger partial charge in [0.05, 0.1) is 17.8 Å². The molecule has 7 nitrogen and oxygen atoms in total. The molecule has 1 fully saturated rings. The number of fused-ring (bicyclic) bond motifs is 1. The Labute approximate surface area is 163 Å². The molecule has 1 aliphatic rings. The summed E-state index contributed by atoms with van der Waals surface area (Å²) in [5, 5.41) is 9.55. The summed E-state index contributed by atoms with van der Waals surface area (Å²) in [6.07, 6.45) is 6.23. The van der Waals surface area contributed by atoms with Gasteiger partial charge in [0.15, 0.2) is 5.78 Å². The number of hydrogen-bond donors (Lipinski definition) is 0. The molecule has 3 aromatic rings. The molecular formula is C21H24N4O3. The summed E-state index contributed by atoms with van der Waals surface area (Å²) in [7, 11) is 0. The van der Waals surface area contributed by atoms with E-state index in [1.807, 2.05) is 56.0 Å². The predicted molar refractivity (Wildman–Crippen MR) is 105 cm³/mol. The Kier molecular flexibility index (Phi) is 4.33. The zero-order valence-electron chi connectivity index (χ0n) is 16.6. The molecule has 0 amide bonds. The zero-order chi connectivity index (χ0) is 20.1. The predicted octanol–water partition coefficient (Wildman–Crippen LogP) is 3.78. The molecule has 0 saturated heterocycles. The molecule has 0 aliphatic heterocycles. The maximum Gasteiger partial charge on any atom is 0.328 e. The second-order valence-corrected chi connectivity index (χ2v) is 8.32. The monoisotopic (exact) mass is 380 g/mol. The average Bonchev–Trinajstić information content (AvgIpc) is 3.21. The lowest BCUT2D eigenvalue weighted by molar-refractivity contribution is -0.155. The molecule has 0 atom stereocenters. The van der Waals surface area contributed by atoms with Gasteiger partial charge in [-0.25, -0.2) is 0 Å². The normalized spacial score (nSPS) is 14.4. The van der Waals surface area contributed by atoms with Crippen LogP contribution in [0.2, 0.25) is 0 Å². The largest absolute Gasteiger partial charge is 0.459 e. The van der Waals surface area contributed by atoms with Crippen LogP contribution in [0.25, 0.3) is 22.0 Å². The summed E-state index contributed by atoms with van der Waals surface area (Å²) in [6.45, 7) is 6.90. The van der Waals surface area contributed by atoms with Crippen LogP contribution in [0.3, 0.4) is 0 Å². The first-order chi connectivity index (χ1) is 13.2. The first-order valence-electron chi connectivity index (χ1n) is 9.49. The Morgan fingerprint density at radius 2 is 1.96 bits per heavy atom. The number of Topliss-reactive ketones (excluding diaryl/α,β-unsaturated/α-hetero) is 1. The number of carbonyl (C=O) groups is 2. The van der Waals surface area contributed by atoms with E-state index in [1.165, 1.54) is 24.4 Å². The SMILES string of the molecule is CC(=O)c1nn(CC(=O)OC(C)(C)C)c2ccc(-c3cnn(C4CC4)c3)cc12. The fourth-order valence-electron chi connectivity index (χ4n) is 3.26. The van der Waals surface area contributed by atoms with Crippen LogP contribution in [0.15, 0.2) is 30.6 Å². The minimum atomic E-state index is -0.571. The third-order valence-corrected chi connectivity index (χ3v) is 4.64. The number of benzene rings is 1. The van der Waals surface area contributed by atoms with Gasteiger partial charge in [0.25, 0.3) is 0 Å². The highest BCUT2D eigenvalue weighted by molar-refractivity contribution is 6.06. The van der Waals surface area contributed by atoms with Crippen LogP contribution in [0.1, 0.15) is 57.1 Å². The fourth-order valence-corrected chi connectivity index (χ4v) is 3.26. The van der Waals surface area contributed by atoms with Crippen LogP contribution in [-0.4, -0.2) is 36.9 Å². The van der Waals surface area contributed by atoms with Crippen molar-refractivity contribution in [3.63, 3.8) is 0 Å². The van der Waals surface area contributed by atoms with Crippen LogP contribution in [0.4, 0.5) is 0 Å². The Bertz CT molecular complexity index is 1070. The number of ketones is 1. The maximum atomic E-state index is 12.2. The second-order valence-electron chi connectivity index (χ2n) is 8.32. The lowest BCUT2D eigenvalue weighted by atomic mass is 10.1. The highest BCUT2D eigenvalue weighted by atomic mass is 16.6. The smallest absolute Gasteiger partial charge is 0.328 e. The van der Waals surface area contributed by atoms with Crippen LogP contribution in [0, 0.1) is 0 Å². The molecule has 1 saturated carbocycles. The molecule has 1 aliphatic carbocycles. The second kappa shape index (κ2) is 6.58. The van der Waals surface area contributed by atoms with Crippen molar-refractivity contribution in [2.45, 2.75) is 58.7 Å². The molecule has 2 aromatic heterocycles. The summed E-state index contributed by atoms with van der Waals surface area (Å²) < 4.78 is 8.93. The Balaban J connectivity index is 1.70. The van der Waals surface area contributed by atoms with E-state index in [0.717, 1.165) is 22.0 Å². The molecule has 0 N–H and O–H groups in total. The zero-order valence-corrected chi connectivity index (χ0v) is 16.6. The van der Waals surface area contributed by atoms with Crippen molar-refractivity contribution >= 4 is 22.7 Å². The summed E-state index contributed by atoms with van der Waals surface area (Å²) in [4.78, 5) is 24.4. The van der Waals surface area contributed by atoms with E-state index in [0.29, 0.717) is 11.7 Å². The lowest BCUT2D eigenvalue weighted by Gasteiger charge is -2.19. The molecule has 0 spiro atoms. The van der Waals surface area contributed by atoms with Crippen LogP contribution in [0.5, 0.6) is 0 Å². The molecular weight excluding hydrogens is 356 g/mol. The Morgan fingerprint density at radius 1 is 1.21 bits per heavy atom. The van der Waals surface area contributed by atoms with Crippen LogP contribution < -0.4 is 0 Å². The standard InChI is InChI=1S/C21H24N4O3/c1-13(26)20-17-9-14(15-10-22-24(11-15)16-6-7-16)5-8-18(17)25(23-20)12-19(27)28-21(2,3)4/h5,8-11,16H,6-7,12H2,1-4H3. The topological polar surface area (TPSA) is 79.0 Å². The van der Waals surface area contributed by atoms with E-state index in [2.05, 4.69) is 10.2 Å². The molecule has 0 unspecified atom stereocenters. The number of aromatic nitrogens is 4. The molecule has 28 heavy (non-hydrogen) atoms. The number of nitrogens with zero attached hydrogens (tertiary/aromatic N) is 4. The van der Waals surface area contributed by atoms with E-state index in [4.69, 9.17) is 4.74 Å². The van der Waals surface area contributed by atoms with Crippen molar-refractivity contribution in [1.82, 2.24) is 19.6 Å². The summed E-state index contributed by atoms with van der Waals surface area (Å²) in [6, 6.07) is 6.32. The van der Waals surface area contributed by atoms with Crippen molar-refractivity contribution < 1.29 is 14.3 Å². The van der Waals surface area contributed by atoms with Gasteiger partial charge in [0, 0.05) is 24.1 Å². The van der Waals surface area contributed by atoms with E-state index in [1.54, 1.807) is 0 Å². The first-order valence-corrected chi connectivity index (χ1v) is 9.49. The molecule has 4 rings (SSSR count). The third-order valence-electron chi connectivity index (χ3n) is 4.64. The Morgan fingerprint density at radius 3 is 2.61 bits per heavy atom. The van der Waals surface area contributed by atoms with Gasteiger partial charge < -0.3 is 4.74 Å². The van der Waals surface area contributed by atoms with Gasteiger partial charge in [-0.2, -0.15) is 10.2 Å². The molecule has 2 heterocycles. The summed E-state index contributed by atoms with van der Waals surface area (Å²) in [5.41, 5.74) is 2.49. The van der Waals surface area contributed by atoms with Gasteiger partial charge in [-0.3, -0.25) is 19.0 Å². The molecule has 146 valence electrons. The lowest BCUT2D eigenvalue weighted by Crippen LogP contribution is -2.26. The van der Waals surface area contributed by atoms with Gasteiger partial charge in [-0.15, -0.1) is 0 Å². The highest BCUT2D eigenvalue weighted by Crippen LogP contribution is 2.35. The van der Waals surface area contributed by atoms with Crippen molar-refractivity contribution in [1.29, 1.82) is 0 Å². The van der Waals surface area contributed by atoms with Crippen LogP contribution >= 0.6 is 0 Å². The minimum Gasteiger partial charge on any atom is -0.459 e.